The Balaban J connectivity index is 1.42. The van der Waals surface area contributed by atoms with Gasteiger partial charge < -0.3 is 10.2 Å². The topological polar surface area (TPSA) is 108 Å². The van der Waals surface area contributed by atoms with Gasteiger partial charge in [0.15, 0.2) is 8.68 Å². The molecule has 0 aliphatic heterocycles. The minimum Gasteiger partial charge on any atom is -0.508 e. The van der Waals surface area contributed by atoms with Crippen molar-refractivity contribution >= 4 is 47.0 Å². The highest BCUT2D eigenvalue weighted by Gasteiger charge is 2.08. The van der Waals surface area contributed by atoms with Crippen LogP contribution in [0.25, 0.3) is 0 Å². The van der Waals surface area contributed by atoms with Crippen LogP contribution in [0.15, 0.2) is 62.3 Å². The quantitative estimate of drug-likeness (QED) is 0.284. The monoisotopic (exact) mass is 432 g/mol. The number of hydrazone groups is 1. The predicted molar refractivity (Wildman–Crippen MR) is 112 cm³/mol. The van der Waals surface area contributed by atoms with Crippen LogP contribution in [0.1, 0.15) is 11.1 Å². The summed E-state index contributed by atoms with van der Waals surface area (Å²) in [6.07, 6.45) is 1.31. The summed E-state index contributed by atoms with van der Waals surface area (Å²) in [6.45, 7) is 0. The summed E-state index contributed by atoms with van der Waals surface area (Å²) < 4.78 is 1.57. The number of hydrogen-bond acceptors (Lipinski definition) is 9. The summed E-state index contributed by atoms with van der Waals surface area (Å²) in [4.78, 5) is 11.9. The Morgan fingerprint density at radius 1 is 1.11 bits per heavy atom. The van der Waals surface area contributed by atoms with E-state index in [1.807, 2.05) is 18.2 Å². The third-order valence-corrected chi connectivity index (χ3v) is 6.59. The van der Waals surface area contributed by atoms with Gasteiger partial charge in [-0.1, -0.05) is 65.2 Å². The largest absolute Gasteiger partial charge is 0.508 e. The van der Waals surface area contributed by atoms with Crippen molar-refractivity contribution in [2.75, 3.05) is 5.75 Å². The van der Waals surface area contributed by atoms with E-state index in [2.05, 4.69) is 32.9 Å². The lowest BCUT2D eigenvalue weighted by Crippen LogP contribution is -2.19. The van der Waals surface area contributed by atoms with Crippen LogP contribution < -0.4 is 5.43 Å². The zero-order valence-corrected chi connectivity index (χ0v) is 16.9. The fourth-order valence-corrected chi connectivity index (χ4v) is 4.78. The SMILES string of the molecule is O=C(CSc1nnc(SCc2ccccc2)s1)N/N=C\c1ccc(O)cc1O. The van der Waals surface area contributed by atoms with Crippen LogP contribution in [0.3, 0.4) is 0 Å². The number of benzene rings is 2. The summed E-state index contributed by atoms with van der Waals surface area (Å²) in [6, 6.07) is 14.2. The van der Waals surface area contributed by atoms with Gasteiger partial charge in [0.05, 0.1) is 12.0 Å². The molecule has 0 aliphatic rings. The number of nitrogens with zero attached hydrogens (tertiary/aromatic N) is 3. The molecule has 0 bridgehead atoms. The molecule has 0 unspecified atom stereocenters. The van der Waals surface area contributed by atoms with E-state index in [0.29, 0.717) is 9.90 Å². The number of carbonyl (C=O) groups is 1. The highest BCUT2D eigenvalue weighted by molar-refractivity contribution is 8.03. The third kappa shape index (κ3) is 6.25. The van der Waals surface area contributed by atoms with E-state index in [1.54, 1.807) is 11.8 Å². The average molecular weight is 433 g/mol. The zero-order chi connectivity index (χ0) is 19.8. The van der Waals surface area contributed by atoms with Gasteiger partial charge in [-0.3, -0.25) is 4.79 Å². The Hall–Kier alpha value is -2.56. The molecule has 0 atom stereocenters. The third-order valence-electron chi connectivity index (χ3n) is 3.33. The summed E-state index contributed by atoms with van der Waals surface area (Å²) in [7, 11) is 0. The molecule has 3 N–H and O–H groups in total. The molecule has 28 heavy (non-hydrogen) atoms. The number of nitrogens with one attached hydrogen (secondary N) is 1. The van der Waals surface area contributed by atoms with E-state index >= 15 is 0 Å². The molecule has 3 aromatic rings. The van der Waals surface area contributed by atoms with Gasteiger partial charge in [0, 0.05) is 17.4 Å². The predicted octanol–water partition coefficient (Wildman–Crippen LogP) is 3.48. The van der Waals surface area contributed by atoms with Crippen molar-refractivity contribution in [2.24, 2.45) is 5.10 Å². The number of amides is 1. The van der Waals surface area contributed by atoms with Crippen LogP contribution in [-0.4, -0.2) is 38.3 Å². The molecule has 7 nitrogen and oxygen atoms in total. The normalized spacial score (nSPS) is 11.0. The first-order valence-corrected chi connectivity index (χ1v) is 10.9. The molecular formula is C18H16N4O3S3. The Morgan fingerprint density at radius 2 is 1.86 bits per heavy atom. The van der Waals surface area contributed by atoms with Crippen LogP contribution >= 0.6 is 34.9 Å². The number of phenolic OH excluding ortho intramolecular Hbond substituents is 2. The van der Waals surface area contributed by atoms with Gasteiger partial charge in [0.2, 0.25) is 0 Å². The maximum Gasteiger partial charge on any atom is 0.250 e. The Labute approximate surface area is 173 Å². The van der Waals surface area contributed by atoms with E-state index in [0.717, 1.165) is 10.1 Å². The molecule has 0 saturated heterocycles. The molecule has 0 spiro atoms. The number of carbonyl (C=O) groups excluding carboxylic acids is 1. The molecule has 0 saturated carbocycles. The lowest BCUT2D eigenvalue weighted by Gasteiger charge is -2.00. The van der Waals surface area contributed by atoms with Gasteiger partial charge in [-0.25, -0.2) is 5.43 Å². The molecule has 1 amide bonds. The molecule has 144 valence electrons. The molecule has 3 rings (SSSR count). The molecule has 0 fully saturated rings. The summed E-state index contributed by atoms with van der Waals surface area (Å²) in [5.74, 6) is 0.500. The van der Waals surface area contributed by atoms with Crippen molar-refractivity contribution in [2.45, 2.75) is 14.4 Å². The molecule has 0 radical (unpaired) electrons. The summed E-state index contributed by atoms with van der Waals surface area (Å²) in [5.41, 5.74) is 3.98. The van der Waals surface area contributed by atoms with Crippen LogP contribution in [0.2, 0.25) is 0 Å². The minimum atomic E-state index is -0.298. The number of thioether (sulfide) groups is 2. The molecule has 10 heteroatoms. The number of rotatable bonds is 8. The Kier molecular flexibility index (Phi) is 7.29. The fourth-order valence-electron chi connectivity index (χ4n) is 2.01. The Morgan fingerprint density at radius 3 is 2.61 bits per heavy atom. The van der Waals surface area contributed by atoms with Gasteiger partial charge in [-0.2, -0.15) is 5.10 Å². The molecule has 0 aliphatic carbocycles. The molecule has 1 aromatic heterocycles. The Bertz CT molecular complexity index is 964. The lowest BCUT2D eigenvalue weighted by molar-refractivity contribution is -0.118. The first-order valence-electron chi connectivity index (χ1n) is 8.07. The first kappa shape index (κ1) is 20.2. The van der Waals surface area contributed by atoms with Crippen molar-refractivity contribution in [1.82, 2.24) is 15.6 Å². The van der Waals surface area contributed by atoms with Gasteiger partial charge in [-0.15, -0.1) is 10.2 Å². The van der Waals surface area contributed by atoms with E-state index in [9.17, 15) is 15.0 Å². The fraction of sp³-hybridized carbons (Fsp3) is 0.111. The average Bonchev–Trinajstić information content (AvgIpc) is 3.15. The van der Waals surface area contributed by atoms with Crippen LogP contribution in [0.5, 0.6) is 11.5 Å². The number of phenols is 2. The van der Waals surface area contributed by atoms with Gasteiger partial charge in [0.1, 0.15) is 11.5 Å². The van der Waals surface area contributed by atoms with Crippen molar-refractivity contribution in [3.63, 3.8) is 0 Å². The van der Waals surface area contributed by atoms with E-state index in [1.165, 1.54) is 53.1 Å². The van der Waals surface area contributed by atoms with Crippen molar-refractivity contribution in [3.05, 3.63) is 59.7 Å². The van der Waals surface area contributed by atoms with E-state index in [4.69, 9.17) is 0 Å². The number of aromatic hydroxyl groups is 2. The lowest BCUT2D eigenvalue weighted by atomic mass is 10.2. The second kappa shape index (κ2) is 10.1. The second-order valence-electron chi connectivity index (χ2n) is 5.43. The minimum absolute atomic E-state index is 0.0477. The maximum atomic E-state index is 11.9. The first-order chi connectivity index (χ1) is 13.6. The van der Waals surface area contributed by atoms with Gasteiger partial charge in [0.25, 0.3) is 5.91 Å². The van der Waals surface area contributed by atoms with Crippen molar-refractivity contribution < 1.29 is 15.0 Å². The number of aromatic nitrogens is 2. The molecule has 1 heterocycles. The number of hydrogen-bond donors (Lipinski definition) is 3. The van der Waals surface area contributed by atoms with Gasteiger partial charge in [-0.05, 0) is 17.7 Å². The molecular weight excluding hydrogens is 416 g/mol. The van der Waals surface area contributed by atoms with Crippen molar-refractivity contribution in [1.29, 1.82) is 0 Å². The van der Waals surface area contributed by atoms with Crippen molar-refractivity contribution in [3.8, 4) is 11.5 Å². The zero-order valence-electron chi connectivity index (χ0n) is 14.5. The van der Waals surface area contributed by atoms with Crippen LogP contribution in [0, 0.1) is 0 Å². The summed E-state index contributed by atoms with van der Waals surface area (Å²) >= 11 is 4.34. The highest BCUT2D eigenvalue weighted by atomic mass is 32.2. The molecule has 2 aromatic carbocycles. The van der Waals surface area contributed by atoms with E-state index < -0.39 is 0 Å². The van der Waals surface area contributed by atoms with Crippen LogP contribution in [-0.2, 0) is 10.5 Å². The maximum absolute atomic E-state index is 11.9. The second-order valence-corrected chi connectivity index (χ2v) is 8.86. The van der Waals surface area contributed by atoms with E-state index in [-0.39, 0.29) is 23.2 Å². The van der Waals surface area contributed by atoms with Gasteiger partial charge >= 0.3 is 0 Å². The highest BCUT2D eigenvalue weighted by Crippen LogP contribution is 2.30. The summed E-state index contributed by atoms with van der Waals surface area (Å²) in [5, 5.41) is 30.9. The standard InChI is InChI=1S/C18H16N4O3S3/c23-14-7-6-13(15(24)8-14)9-19-20-16(25)11-27-18-22-21-17(28-18)26-10-12-4-2-1-3-5-12/h1-9,23-24H,10-11H2,(H,20,25)/b19-9-. The smallest absolute Gasteiger partial charge is 0.250 e. The van der Waals surface area contributed by atoms with Crippen LogP contribution in [0.4, 0.5) is 0 Å².